The van der Waals surface area contributed by atoms with Gasteiger partial charge in [-0.25, -0.2) is 0 Å². The maximum atomic E-state index is 9.68. The van der Waals surface area contributed by atoms with Crippen LogP contribution in [0, 0.1) is 6.92 Å². The van der Waals surface area contributed by atoms with Crippen LogP contribution in [0.4, 0.5) is 5.69 Å². The van der Waals surface area contributed by atoms with Gasteiger partial charge in [0.15, 0.2) is 11.5 Å². The minimum absolute atomic E-state index is 0.120. The Labute approximate surface area is 117 Å². The summed E-state index contributed by atoms with van der Waals surface area (Å²) in [4.78, 5) is 0. The molecular weight excluding hydrogens is 262 g/mol. The smallest absolute Gasteiger partial charge is 0.160 e. The fourth-order valence-electron chi connectivity index (χ4n) is 1.75. The number of hydrogen-bond donors (Lipinski definition) is 2. The second-order valence-corrected chi connectivity index (χ2v) is 4.73. The van der Waals surface area contributed by atoms with Gasteiger partial charge in [-0.2, -0.15) is 0 Å². The molecule has 0 aliphatic rings. The topological polar surface area (TPSA) is 41.5 Å². The first-order valence-electron chi connectivity index (χ1n) is 5.96. The summed E-state index contributed by atoms with van der Waals surface area (Å²) in [7, 11) is 1.52. The number of benzene rings is 2. The molecule has 0 aromatic heterocycles. The fraction of sp³-hybridized carbons (Fsp3) is 0.200. The van der Waals surface area contributed by atoms with E-state index in [1.54, 1.807) is 12.1 Å². The Morgan fingerprint density at radius 3 is 2.63 bits per heavy atom. The highest BCUT2D eigenvalue weighted by Crippen LogP contribution is 2.28. The molecule has 0 unspecified atom stereocenters. The zero-order valence-electron chi connectivity index (χ0n) is 10.9. The number of phenols is 1. The van der Waals surface area contributed by atoms with E-state index < -0.39 is 0 Å². The number of halogens is 1. The molecule has 0 aliphatic heterocycles. The zero-order valence-corrected chi connectivity index (χ0v) is 11.7. The van der Waals surface area contributed by atoms with Crippen molar-refractivity contribution >= 4 is 17.3 Å². The average Bonchev–Trinajstić information content (AvgIpc) is 2.40. The summed E-state index contributed by atoms with van der Waals surface area (Å²) in [6.07, 6.45) is 0. The van der Waals surface area contributed by atoms with Crippen LogP contribution >= 0.6 is 11.6 Å². The van der Waals surface area contributed by atoms with Gasteiger partial charge < -0.3 is 15.2 Å². The average molecular weight is 278 g/mol. The van der Waals surface area contributed by atoms with Gasteiger partial charge in [0.1, 0.15) is 0 Å². The zero-order chi connectivity index (χ0) is 13.8. The van der Waals surface area contributed by atoms with Gasteiger partial charge in [0.25, 0.3) is 0 Å². The molecule has 0 radical (unpaired) electrons. The van der Waals surface area contributed by atoms with Crippen molar-refractivity contribution in [3.8, 4) is 11.5 Å². The molecule has 0 bridgehead atoms. The molecule has 0 atom stereocenters. The van der Waals surface area contributed by atoms with E-state index in [-0.39, 0.29) is 5.75 Å². The van der Waals surface area contributed by atoms with E-state index in [1.807, 2.05) is 31.2 Å². The molecule has 0 fully saturated rings. The Bertz CT molecular complexity index is 584. The molecule has 0 saturated heterocycles. The lowest BCUT2D eigenvalue weighted by molar-refractivity contribution is 0.373. The van der Waals surface area contributed by atoms with E-state index in [1.165, 1.54) is 7.11 Å². The molecule has 0 saturated carbocycles. The molecule has 2 rings (SSSR count). The Morgan fingerprint density at radius 2 is 2.00 bits per heavy atom. The molecule has 2 aromatic carbocycles. The molecule has 19 heavy (non-hydrogen) atoms. The molecule has 0 spiro atoms. The van der Waals surface area contributed by atoms with Gasteiger partial charge in [-0.05, 0) is 36.2 Å². The van der Waals surface area contributed by atoms with Crippen molar-refractivity contribution in [1.82, 2.24) is 0 Å². The molecule has 0 heterocycles. The SMILES string of the molecule is COc1ccc(NCc2ccc(C)c(Cl)c2)cc1O. The van der Waals surface area contributed by atoms with Crippen molar-refractivity contribution in [2.75, 3.05) is 12.4 Å². The molecule has 2 N–H and O–H groups in total. The van der Waals surface area contributed by atoms with Crippen molar-refractivity contribution < 1.29 is 9.84 Å². The number of phenolic OH excluding ortho intramolecular Hbond substituents is 1. The number of aryl methyl sites for hydroxylation is 1. The van der Waals surface area contributed by atoms with Crippen molar-refractivity contribution in [3.05, 3.63) is 52.5 Å². The van der Waals surface area contributed by atoms with Crippen LogP contribution in [-0.4, -0.2) is 12.2 Å². The summed E-state index contributed by atoms with van der Waals surface area (Å²) < 4.78 is 5.00. The number of nitrogens with one attached hydrogen (secondary N) is 1. The third kappa shape index (κ3) is 3.32. The highest BCUT2D eigenvalue weighted by molar-refractivity contribution is 6.31. The van der Waals surface area contributed by atoms with E-state index >= 15 is 0 Å². The van der Waals surface area contributed by atoms with Gasteiger partial charge >= 0.3 is 0 Å². The summed E-state index contributed by atoms with van der Waals surface area (Å²) in [5.74, 6) is 0.582. The first-order valence-corrected chi connectivity index (χ1v) is 6.34. The van der Waals surface area contributed by atoms with Crippen LogP contribution in [-0.2, 0) is 6.54 Å². The maximum absolute atomic E-state index is 9.68. The van der Waals surface area contributed by atoms with Crippen LogP contribution < -0.4 is 10.1 Å². The minimum atomic E-state index is 0.120. The maximum Gasteiger partial charge on any atom is 0.160 e. The van der Waals surface area contributed by atoms with Crippen molar-refractivity contribution in [2.45, 2.75) is 13.5 Å². The first-order chi connectivity index (χ1) is 9.10. The molecule has 2 aromatic rings. The van der Waals surface area contributed by atoms with Gasteiger partial charge in [-0.3, -0.25) is 0 Å². The largest absolute Gasteiger partial charge is 0.504 e. The Hall–Kier alpha value is -1.87. The number of methoxy groups -OCH3 is 1. The van der Waals surface area contributed by atoms with Gasteiger partial charge in [0, 0.05) is 23.3 Å². The van der Waals surface area contributed by atoms with Crippen LogP contribution in [0.2, 0.25) is 5.02 Å². The lowest BCUT2D eigenvalue weighted by atomic mass is 10.1. The summed E-state index contributed by atoms with van der Waals surface area (Å²) >= 11 is 6.08. The van der Waals surface area contributed by atoms with Gasteiger partial charge in [-0.1, -0.05) is 23.7 Å². The lowest BCUT2D eigenvalue weighted by Crippen LogP contribution is -1.99. The van der Waals surface area contributed by atoms with Crippen LogP contribution in [0.15, 0.2) is 36.4 Å². The number of hydrogen-bond acceptors (Lipinski definition) is 3. The van der Waals surface area contributed by atoms with Gasteiger partial charge in [0.05, 0.1) is 7.11 Å². The Kier molecular flexibility index (Phi) is 4.17. The number of anilines is 1. The van der Waals surface area contributed by atoms with Crippen LogP contribution in [0.25, 0.3) is 0 Å². The Morgan fingerprint density at radius 1 is 1.21 bits per heavy atom. The molecule has 0 amide bonds. The third-order valence-corrected chi connectivity index (χ3v) is 3.32. The monoisotopic (exact) mass is 277 g/mol. The van der Waals surface area contributed by atoms with Gasteiger partial charge in [0.2, 0.25) is 0 Å². The summed E-state index contributed by atoms with van der Waals surface area (Å²) in [6.45, 7) is 2.62. The standard InChI is InChI=1S/C15H16ClNO2/c1-10-3-4-11(7-13(10)16)9-17-12-5-6-15(19-2)14(18)8-12/h3-8,17-18H,9H2,1-2H3. The second kappa shape index (κ2) is 5.85. The number of rotatable bonds is 4. The van der Waals surface area contributed by atoms with E-state index in [4.69, 9.17) is 16.3 Å². The summed E-state index contributed by atoms with van der Waals surface area (Å²) in [5.41, 5.74) is 2.98. The first kappa shape index (κ1) is 13.6. The normalized spacial score (nSPS) is 10.3. The summed E-state index contributed by atoms with van der Waals surface area (Å²) in [5, 5.41) is 13.7. The van der Waals surface area contributed by atoms with E-state index in [9.17, 15) is 5.11 Å². The predicted molar refractivity (Wildman–Crippen MR) is 78.2 cm³/mol. The van der Waals surface area contributed by atoms with E-state index in [0.29, 0.717) is 12.3 Å². The Balaban J connectivity index is 2.05. The number of ether oxygens (including phenoxy) is 1. The molecule has 4 heteroatoms. The fourth-order valence-corrected chi connectivity index (χ4v) is 1.95. The van der Waals surface area contributed by atoms with E-state index in [0.717, 1.165) is 21.8 Å². The van der Waals surface area contributed by atoms with Crippen LogP contribution in [0.3, 0.4) is 0 Å². The molecular formula is C15H16ClNO2. The summed E-state index contributed by atoms with van der Waals surface area (Å²) in [6, 6.07) is 11.2. The molecule has 3 nitrogen and oxygen atoms in total. The van der Waals surface area contributed by atoms with Crippen molar-refractivity contribution in [3.63, 3.8) is 0 Å². The third-order valence-electron chi connectivity index (χ3n) is 2.91. The quantitative estimate of drug-likeness (QED) is 0.888. The minimum Gasteiger partial charge on any atom is -0.504 e. The van der Waals surface area contributed by atoms with E-state index in [2.05, 4.69) is 5.32 Å². The second-order valence-electron chi connectivity index (χ2n) is 4.32. The van der Waals surface area contributed by atoms with Crippen molar-refractivity contribution in [1.29, 1.82) is 0 Å². The highest BCUT2D eigenvalue weighted by Gasteiger charge is 2.03. The lowest BCUT2D eigenvalue weighted by Gasteiger charge is -2.10. The van der Waals surface area contributed by atoms with Crippen LogP contribution in [0.1, 0.15) is 11.1 Å². The highest BCUT2D eigenvalue weighted by atomic mass is 35.5. The molecule has 100 valence electrons. The number of aromatic hydroxyl groups is 1. The predicted octanol–water partition coefficient (Wildman–Crippen LogP) is 3.97. The molecule has 0 aliphatic carbocycles. The van der Waals surface area contributed by atoms with Crippen LogP contribution in [0.5, 0.6) is 11.5 Å². The van der Waals surface area contributed by atoms with Crippen molar-refractivity contribution in [2.24, 2.45) is 0 Å². The van der Waals surface area contributed by atoms with Gasteiger partial charge in [-0.15, -0.1) is 0 Å².